The number of benzene rings is 1. The second-order valence-electron chi connectivity index (χ2n) is 4.30. The van der Waals surface area contributed by atoms with E-state index in [9.17, 15) is 0 Å². The number of aryl methyl sites for hydroxylation is 1. The molecule has 2 heterocycles. The molecule has 0 saturated carbocycles. The van der Waals surface area contributed by atoms with E-state index in [4.69, 9.17) is 4.74 Å². The van der Waals surface area contributed by atoms with Crippen LogP contribution in [0.2, 0.25) is 0 Å². The van der Waals surface area contributed by atoms with E-state index in [1.54, 1.807) is 7.11 Å². The van der Waals surface area contributed by atoms with Crippen LogP contribution in [-0.2, 0) is 0 Å². The fraction of sp³-hybridized carbons (Fsp3) is 0.133. The molecule has 98 valence electrons. The average molecular weight is 318 g/mol. The van der Waals surface area contributed by atoms with Gasteiger partial charge in [0.25, 0.3) is 0 Å². The van der Waals surface area contributed by atoms with Gasteiger partial charge in [0, 0.05) is 18.0 Å². The molecule has 19 heavy (non-hydrogen) atoms. The van der Waals surface area contributed by atoms with Crippen LogP contribution in [0.15, 0.2) is 48.8 Å². The number of ether oxygens (including phenoxy) is 1. The van der Waals surface area contributed by atoms with Crippen LogP contribution in [-0.4, -0.2) is 16.5 Å². The molecule has 0 fully saturated rings. The van der Waals surface area contributed by atoms with Gasteiger partial charge in [-0.3, -0.25) is 0 Å². The van der Waals surface area contributed by atoms with E-state index >= 15 is 0 Å². The zero-order valence-corrected chi connectivity index (χ0v) is 12.4. The number of halogens is 1. The Morgan fingerprint density at radius 2 is 1.95 bits per heavy atom. The molecular weight excluding hydrogens is 304 g/mol. The van der Waals surface area contributed by atoms with Crippen LogP contribution in [0.1, 0.15) is 5.56 Å². The molecule has 1 aromatic carbocycles. The van der Waals surface area contributed by atoms with Gasteiger partial charge in [-0.25, -0.2) is 4.98 Å². The number of hydrogen-bond donors (Lipinski definition) is 0. The van der Waals surface area contributed by atoms with Crippen LogP contribution in [0.5, 0.6) is 5.75 Å². The number of hydrogen-bond acceptors (Lipinski definition) is 2. The van der Waals surface area contributed by atoms with Crippen molar-refractivity contribution < 1.29 is 21.7 Å². The molecule has 4 heteroatoms. The lowest BCUT2D eigenvalue weighted by Crippen LogP contribution is -3.00. The summed E-state index contributed by atoms with van der Waals surface area (Å²) in [5, 5.41) is 0. The molecule has 0 spiro atoms. The summed E-state index contributed by atoms with van der Waals surface area (Å²) in [5.74, 6) is 0.845. The number of pyridine rings is 1. The largest absolute Gasteiger partial charge is 1.00 e. The molecule has 0 aliphatic heterocycles. The van der Waals surface area contributed by atoms with Crippen LogP contribution in [0.4, 0.5) is 0 Å². The maximum atomic E-state index is 5.37. The first-order valence-corrected chi connectivity index (χ1v) is 5.86. The molecule has 0 N–H and O–H groups in total. The van der Waals surface area contributed by atoms with Crippen molar-refractivity contribution in [3.05, 3.63) is 54.4 Å². The highest BCUT2D eigenvalue weighted by Crippen LogP contribution is 2.28. The van der Waals surface area contributed by atoms with Crippen molar-refractivity contribution in [2.45, 2.75) is 6.92 Å². The van der Waals surface area contributed by atoms with Crippen molar-refractivity contribution in [3.8, 4) is 17.0 Å². The fourth-order valence-corrected chi connectivity index (χ4v) is 2.07. The third-order valence-electron chi connectivity index (χ3n) is 3.00. The van der Waals surface area contributed by atoms with Crippen molar-refractivity contribution in [1.82, 2.24) is 9.38 Å². The highest BCUT2D eigenvalue weighted by Gasteiger charge is 2.08. The Bertz CT molecular complexity index is 706. The van der Waals surface area contributed by atoms with Crippen molar-refractivity contribution in [2.24, 2.45) is 0 Å². The van der Waals surface area contributed by atoms with Gasteiger partial charge in [0.05, 0.1) is 12.8 Å². The average Bonchev–Trinajstić information content (AvgIpc) is 2.81. The van der Waals surface area contributed by atoms with Gasteiger partial charge >= 0.3 is 0 Å². The lowest BCUT2D eigenvalue weighted by Gasteiger charge is -2.04. The summed E-state index contributed by atoms with van der Waals surface area (Å²) in [6.45, 7) is 2.07. The summed E-state index contributed by atoms with van der Waals surface area (Å²) >= 11 is 0. The zero-order chi connectivity index (χ0) is 12.5. The summed E-state index contributed by atoms with van der Waals surface area (Å²) in [5.41, 5.74) is 4.11. The summed E-state index contributed by atoms with van der Waals surface area (Å²) in [4.78, 5) is 4.64. The molecule has 3 rings (SSSR count). The van der Waals surface area contributed by atoms with Gasteiger partial charge < -0.3 is 26.1 Å². The number of fused-ring (bicyclic) bond motifs is 1. The third kappa shape index (κ3) is 2.49. The molecular formula is C15H14BrN2O-. The molecule has 3 aromatic rings. The van der Waals surface area contributed by atoms with Gasteiger partial charge in [0.15, 0.2) is 0 Å². The quantitative estimate of drug-likeness (QED) is 0.680. The molecule has 0 unspecified atom stereocenters. The van der Waals surface area contributed by atoms with E-state index in [2.05, 4.69) is 24.0 Å². The first kappa shape index (κ1) is 13.6. The lowest BCUT2D eigenvalue weighted by molar-refractivity contribution is -0.00000405. The Morgan fingerprint density at radius 1 is 1.16 bits per heavy atom. The van der Waals surface area contributed by atoms with Gasteiger partial charge in [-0.1, -0.05) is 12.1 Å². The standard InChI is InChI=1S/C15H14N2O.BrH/c1-11-7-8-17-10-13(16-15(17)9-11)12-5-3-4-6-14(12)18-2;/h3-10H,1-2H3;1H/p-1. The monoisotopic (exact) mass is 317 g/mol. The SMILES string of the molecule is COc1ccccc1-c1cn2ccc(C)cc2n1.[Br-]. The third-order valence-corrected chi connectivity index (χ3v) is 3.00. The summed E-state index contributed by atoms with van der Waals surface area (Å²) < 4.78 is 7.39. The van der Waals surface area contributed by atoms with E-state index in [-0.39, 0.29) is 17.0 Å². The van der Waals surface area contributed by atoms with Crippen LogP contribution >= 0.6 is 0 Å². The Hall–Kier alpha value is -1.81. The topological polar surface area (TPSA) is 26.5 Å². The number of nitrogens with zero attached hydrogens (tertiary/aromatic N) is 2. The van der Waals surface area contributed by atoms with Crippen molar-refractivity contribution in [3.63, 3.8) is 0 Å². The number of imidazole rings is 1. The first-order chi connectivity index (χ1) is 8.78. The van der Waals surface area contributed by atoms with Gasteiger partial charge in [0.2, 0.25) is 0 Å². The number of aromatic nitrogens is 2. The van der Waals surface area contributed by atoms with Gasteiger partial charge in [-0.15, -0.1) is 0 Å². The van der Waals surface area contributed by atoms with Crippen LogP contribution in [0, 0.1) is 6.92 Å². The zero-order valence-electron chi connectivity index (χ0n) is 10.8. The summed E-state index contributed by atoms with van der Waals surface area (Å²) in [6.07, 6.45) is 4.04. The molecule has 0 bridgehead atoms. The molecule has 0 amide bonds. The Labute approximate surface area is 122 Å². The van der Waals surface area contributed by atoms with Crippen LogP contribution in [0.3, 0.4) is 0 Å². The van der Waals surface area contributed by atoms with Crippen LogP contribution < -0.4 is 21.7 Å². The lowest BCUT2D eigenvalue weighted by atomic mass is 10.1. The van der Waals surface area contributed by atoms with E-state index in [1.165, 1.54) is 5.56 Å². The predicted molar refractivity (Wildman–Crippen MR) is 71.9 cm³/mol. The molecule has 0 saturated heterocycles. The maximum absolute atomic E-state index is 5.37. The highest BCUT2D eigenvalue weighted by molar-refractivity contribution is 5.69. The first-order valence-electron chi connectivity index (χ1n) is 5.86. The fourth-order valence-electron chi connectivity index (χ4n) is 2.07. The van der Waals surface area contributed by atoms with E-state index in [1.807, 2.05) is 41.1 Å². The molecule has 0 radical (unpaired) electrons. The Balaban J connectivity index is 0.00000133. The van der Waals surface area contributed by atoms with Gasteiger partial charge in [-0.05, 0) is 36.8 Å². The molecule has 2 aromatic heterocycles. The summed E-state index contributed by atoms with van der Waals surface area (Å²) in [6, 6.07) is 12.1. The van der Waals surface area contributed by atoms with Gasteiger partial charge in [-0.2, -0.15) is 0 Å². The minimum absolute atomic E-state index is 0. The molecule has 0 aliphatic rings. The Morgan fingerprint density at radius 3 is 2.74 bits per heavy atom. The van der Waals surface area contributed by atoms with E-state index in [0.29, 0.717) is 0 Å². The number of methoxy groups -OCH3 is 1. The smallest absolute Gasteiger partial charge is 0.137 e. The summed E-state index contributed by atoms with van der Waals surface area (Å²) in [7, 11) is 1.68. The number of rotatable bonds is 2. The normalized spacial score (nSPS) is 10.2. The maximum Gasteiger partial charge on any atom is 0.137 e. The number of para-hydroxylation sites is 1. The minimum Gasteiger partial charge on any atom is -1.00 e. The molecule has 0 aliphatic carbocycles. The predicted octanol–water partition coefficient (Wildman–Crippen LogP) is 0.322. The highest BCUT2D eigenvalue weighted by atomic mass is 79.9. The second-order valence-corrected chi connectivity index (χ2v) is 4.30. The Kier molecular flexibility index (Phi) is 3.90. The van der Waals surface area contributed by atoms with Gasteiger partial charge in [0.1, 0.15) is 11.4 Å². The van der Waals surface area contributed by atoms with E-state index in [0.717, 1.165) is 22.7 Å². The molecule has 0 atom stereocenters. The van der Waals surface area contributed by atoms with Crippen molar-refractivity contribution in [2.75, 3.05) is 7.11 Å². The second kappa shape index (κ2) is 5.45. The van der Waals surface area contributed by atoms with Crippen molar-refractivity contribution in [1.29, 1.82) is 0 Å². The van der Waals surface area contributed by atoms with Crippen LogP contribution in [0.25, 0.3) is 16.9 Å². The molecule has 3 nitrogen and oxygen atoms in total. The minimum atomic E-state index is 0. The van der Waals surface area contributed by atoms with E-state index < -0.39 is 0 Å². The van der Waals surface area contributed by atoms with Crippen molar-refractivity contribution >= 4 is 5.65 Å².